The van der Waals surface area contributed by atoms with Crippen molar-refractivity contribution in [2.75, 3.05) is 0 Å². The largest absolute Gasteiger partial charge is 0.463 e. The van der Waals surface area contributed by atoms with E-state index in [0.717, 1.165) is 16.8 Å². The van der Waals surface area contributed by atoms with Crippen LogP contribution in [-0.2, 0) is 0 Å². The molecule has 0 bridgehead atoms. The molecule has 0 saturated heterocycles. The summed E-state index contributed by atoms with van der Waals surface area (Å²) in [6, 6.07) is 18.5. The highest BCUT2D eigenvalue weighted by molar-refractivity contribution is 6.30. The number of furan rings is 1. The van der Waals surface area contributed by atoms with Gasteiger partial charge in [0.05, 0.1) is 12.3 Å². The number of amides is 1. The van der Waals surface area contributed by atoms with Gasteiger partial charge in [-0.05, 0) is 48.9 Å². The van der Waals surface area contributed by atoms with Crippen LogP contribution in [0.4, 0.5) is 0 Å². The fourth-order valence-corrected chi connectivity index (χ4v) is 3.29. The maximum absolute atomic E-state index is 13.1. The van der Waals surface area contributed by atoms with E-state index in [0.29, 0.717) is 22.8 Å². The molecule has 0 saturated carbocycles. The minimum Gasteiger partial charge on any atom is -0.463 e. The van der Waals surface area contributed by atoms with Crippen LogP contribution in [0, 0.1) is 6.92 Å². The molecule has 0 radical (unpaired) electrons. The quantitative estimate of drug-likeness (QED) is 0.638. The number of nitrogens with zero attached hydrogens (tertiary/aromatic N) is 2. The first-order valence-electron chi connectivity index (χ1n) is 8.39. The predicted molar refractivity (Wildman–Crippen MR) is 101 cm³/mol. The fourth-order valence-electron chi connectivity index (χ4n) is 3.09. The third-order valence-corrected chi connectivity index (χ3v) is 4.69. The van der Waals surface area contributed by atoms with Crippen molar-refractivity contribution >= 4 is 23.2 Å². The monoisotopic (exact) mass is 364 g/mol. The first-order valence-corrected chi connectivity index (χ1v) is 8.76. The lowest BCUT2D eigenvalue weighted by Crippen LogP contribution is -2.27. The molecule has 1 aromatic heterocycles. The van der Waals surface area contributed by atoms with E-state index in [4.69, 9.17) is 16.0 Å². The summed E-state index contributed by atoms with van der Waals surface area (Å²) >= 11 is 6.16. The molecule has 130 valence electrons. The molecule has 2 aromatic carbocycles. The summed E-state index contributed by atoms with van der Waals surface area (Å²) in [7, 11) is 0. The second kappa shape index (κ2) is 6.81. The van der Waals surface area contributed by atoms with Crippen molar-refractivity contribution < 1.29 is 9.21 Å². The molecule has 3 aromatic rings. The van der Waals surface area contributed by atoms with Crippen LogP contribution in [0.25, 0.3) is 0 Å². The first kappa shape index (κ1) is 16.6. The van der Waals surface area contributed by atoms with Crippen molar-refractivity contribution in [1.29, 1.82) is 0 Å². The molecular formula is C21H17ClN2O2. The summed E-state index contributed by atoms with van der Waals surface area (Å²) in [5, 5.41) is 6.75. The van der Waals surface area contributed by atoms with Crippen LogP contribution in [0.15, 0.2) is 76.4 Å². The zero-order chi connectivity index (χ0) is 18.1. The summed E-state index contributed by atoms with van der Waals surface area (Å²) in [5.41, 5.74) is 3.41. The number of aryl methyl sites for hydroxylation is 1. The van der Waals surface area contributed by atoms with Gasteiger partial charge in [-0.1, -0.05) is 41.4 Å². The Bertz CT molecular complexity index is 962. The smallest absolute Gasteiger partial charge is 0.274 e. The fraction of sp³-hybridized carbons (Fsp3) is 0.143. The van der Waals surface area contributed by atoms with Gasteiger partial charge in [0.2, 0.25) is 0 Å². The van der Waals surface area contributed by atoms with Gasteiger partial charge < -0.3 is 4.42 Å². The number of benzene rings is 2. The SMILES string of the molecule is Cc1ccc(C(=O)N2N=C(c3ccco3)C[C@@H]2c2cccc(Cl)c2)cc1. The van der Waals surface area contributed by atoms with Gasteiger partial charge in [-0.25, -0.2) is 5.01 Å². The highest BCUT2D eigenvalue weighted by atomic mass is 35.5. The van der Waals surface area contributed by atoms with E-state index >= 15 is 0 Å². The summed E-state index contributed by atoms with van der Waals surface area (Å²) in [6.07, 6.45) is 2.18. The van der Waals surface area contributed by atoms with Gasteiger partial charge in [0.1, 0.15) is 11.5 Å². The molecule has 1 aliphatic heterocycles. The first-order chi connectivity index (χ1) is 12.6. The lowest BCUT2D eigenvalue weighted by Gasteiger charge is -2.22. The Morgan fingerprint density at radius 3 is 2.65 bits per heavy atom. The Hall–Kier alpha value is -2.85. The predicted octanol–water partition coefficient (Wildman–Crippen LogP) is 5.23. The second-order valence-corrected chi connectivity index (χ2v) is 6.75. The average molecular weight is 365 g/mol. The Morgan fingerprint density at radius 1 is 1.15 bits per heavy atom. The molecule has 4 nitrogen and oxygen atoms in total. The third kappa shape index (κ3) is 3.16. The van der Waals surface area contributed by atoms with E-state index in [1.165, 1.54) is 5.01 Å². The number of halogens is 1. The van der Waals surface area contributed by atoms with Crippen molar-refractivity contribution in [2.45, 2.75) is 19.4 Å². The minimum absolute atomic E-state index is 0.142. The number of rotatable bonds is 3. The summed E-state index contributed by atoms with van der Waals surface area (Å²) in [5.74, 6) is 0.535. The molecule has 1 atom stereocenters. The van der Waals surface area contributed by atoms with Crippen molar-refractivity contribution in [3.8, 4) is 0 Å². The molecule has 1 aliphatic rings. The lowest BCUT2D eigenvalue weighted by atomic mass is 10.0. The number of hydrogen-bond acceptors (Lipinski definition) is 3. The van der Waals surface area contributed by atoms with Gasteiger partial charge >= 0.3 is 0 Å². The van der Waals surface area contributed by atoms with E-state index in [-0.39, 0.29) is 11.9 Å². The maximum Gasteiger partial charge on any atom is 0.274 e. The third-order valence-electron chi connectivity index (χ3n) is 4.46. The van der Waals surface area contributed by atoms with Gasteiger partial charge in [0.15, 0.2) is 0 Å². The van der Waals surface area contributed by atoms with Crippen LogP contribution in [0.3, 0.4) is 0 Å². The molecular weight excluding hydrogens is 348 g/mol. The molecule has 2 heterocycles. The number of carbonyl (C=O) groups excluding carboxylic acids is 1. The van der Waals surface area contributed by atoms with Crippen LogP contribution in [-0.4, -0.2) is 16.6 Å². The zero-order valence-corrected chi connectivity index (χ0v) is 15.0. The molecule has 0 unspecified atom stereocenters. The summed E-state index contributed by atoms with van der Waals surface area (Å²) in [4.78, 5) is 13.1. The van der Waals surface area contributed by atoms with Crippen molar-refractivity contribution in [3.63, 3.8) is 0 Å². The summed E-state index contributed by atoms with van der Waals surface area (Å²) in [6.45, 7) is 1.99. The molecule has 5 heteroatoms. The molecule has 0 aliphatic carbocycles. The Balaban J connectivity index is 1.73. The number of carbonyl (C=O) groups is 1. The molecule has 4 rings (SSSR count). The van der Waals surface area contributed by atoms with Crippen molar-refractivity contribution in [2.24, 2.45) is 5.10 Å². The van der Waals surface area contributed by atoms with Crippen LogP contribution in [0.2, 0.25) is 5.02 Å². The Kier molecular flexibility index (Phi) is 4.35. The van der Waals surface area contributed by atoms with Gasteiger partial charge in [-0.3, -0.25) is 4.79 Å². The molecule has 0 fully saturated rings. The van der Waals surface area contributed by atoms with E-state index in [9.17, 15) is 4.79 Å². The van der Waals surface area contributed by atoms with Gasteiger partial charge in [-0.2, -0.15) is 5.10 Å². The summed E-state index contributed by atoms with van der Waals surface area (Å²) < 4.78 is 5.48. The molecule has 1 amide bonds. The van der Waals surface area contributed by atoms with Gasteiger partial charge in [0, 0.05) is 17.0 Å². The van der Waals surface area contributed by atoms with Crippen molar-refractivity contribution in [1.82, 2.24) is 5.01 Å². The molecule has 26 heavy (non-hydrogen) atoms. The second-order valence-electron chi connectivity index (χ2n) is 6.31. The van der Waals surface area contributed by atoms with Crippen LogP contribution < -0.4 is 0 Å². The molecule has 0 spiro atoms. The zero-order valence-electron chi connectivity index (χ0n) is 14.2. The highest BCUT2D eigenvalue weighted by Crippen LogP contribution is 2.35. The van der Waals surface area contributed by atoms with E-state index in [1.807, 2.05) is 67.6 Å². The Labute approximate surface area is 156 Å². The maximum atomic E-state index is 13.1. The van der Waals surface area contributed by atoms with Crippen LogP contribution in [0.5, 0.6) is 0 Å². The van der Waals surface area contributed by atoms with E-state index in [2.05, 4.69) is 5.10 Å². The normalized spacial score (nSPS) is 16.6. The average Bonchev–Trinajstić information content (AvgIpc) is 3.31. The minimum atomic E-state index is -0.220. The van der Waals surface area contributed by atoms with E-state index < -0.39 is 0 Å². The van der Waals surface area contributed by atoms with Crippen LogP contribution >= 0.6 is 11.6 Å². The highest BCUT2D eigenvalue weighted by Gasteiger charge is 2.34. The van der Waals surface area contributed by atoms with Crippen molar-refractivity contribution in [3.05, 3.63) is 94.4 Å². The lowest BCUT2D eigenvalue weighted by molar-refractivity contribution is 0.0711. The van der Waals surface area contributed by atoms with Gasteiger partial charge in [0.25, 0.3) is 5.91 Å². The topological polar surface area (TPSA) is 45.8 Å². The standard InChI is InChI=1S/C21H17ClN2O2/c1-14-7-9-15(10-8-14)21(25)24-19(16-4-2-5-17(22)12-16)13-18(23-24)20-6-3-11-26-20/h2-12,19H,13H2,1H3/t19-/m1/s1. The van der Waals surface area contributed by atoms with Crippen LogP contribution in [0.1, 0.15) is 39.7 Å². The van der Waals surface area contributed by atoms with E-state index in [1.54, 1.807) is 6.26 Å². The number of hydrazone groups is 1. The Morgan fingerprint density at radius 2 is 1.96 bits per heavy atom. The van der Waals surface area contributed by atoms with Gasteiger partial charge in [-0.15, -0.1) is 0 Å². The molecule has 0 N–H and O–H groups in total. The number of hydrogen-bond donors (Lipinski definition) is 0.